The van der Waals surface area contributed by atoms with E-state index in [1.165, 1.54) is 18.3 Å². The second-order valence-corrected chi connectivity index (χ2v) is 6.30. The minimum Gasteiger partial charge on any atom is -0.366 e. The Morgan fingerprint density at radius 3 is 2.46 bits per heavy atom. The molecule has 8 heteroatoms. The fraction of sp³-hybridized carbons (Fsp3) is 0.0500. The zero-order chi connectivity index (χ0) is 20.0. The lowest BCUT2D eigenvalue weighted by atomic mass is 10.0. The van der Waals surface area contributed by atoms with Gasteiger partial charge in [-0.3, -0.25) is 9.59 Å². The molecule has 1 amide bonds. The Bertz CT molecular complexity index is 1240. The number of hydrogen-bond donors (Lipinski definition) is 2. The number of amides is 1. The van der Waals surface area contributed by atoms with Crippen LogP contribution in [0.15, 0.2) is 48.7 Å². The fourth-order valence-electron chi connectivity index (χ4n) is 3.14. The monoisotopic (exact) mass is 380 g/mol. The lowest BCUT2D eigenvalue weighted by molar-refractivity contribution is 0.0999. The zero-order valence-corrected chi connectivity index (χ0v) is 14.7. The van der Waals surface area contributed by atoms with Crippen molar-refractivity contribution in [3.63, 3.8) is 0 Å². The maximum absolute atomic E-state index is 13.9. The van der Waals surface area contributed by atoms with E-state index in [0.717, 1.165) is 12.1 Å². The number of primary amides is 1. The normalized spacial score (nSPS) is 11.1. The van der Waals surface area contributed by atoms with Crippen molar-refractivity contribution in [1.29, 1.82) is 0 Å². The van der Waals surface area contributed by atoms with Gasteiger partial charge in [-0.1, -0.05) is 12.1 Å². The van der Waals surface area contributed by atoms with Crippen LogP contribution in [0.5, 0.6) is 0 Å². The summed E-state index contributed by atoms with van der Waals surface area (Å²) in [6.07, 6.45) is 1.46. The second kappa shape index (κ2) is 6.41. The van der Waals surface area contributed by atoms with Crippen molar-refractivity contribution in [2.45, 2.75) is 0 Å². The molecule has 4 aromatic rings. The molecule has 0 aliphatic heterocycles. The van der Waals surface area contributed by atoms with Crippen LogP contribution in [0, 0.1) is 11.6 Å². The van der Waals surface area contributed by atoms with Gasteiger partial charge in [0.25, 0.3) is 5.91 Å². The van der Waals surface area contributed by atoms with Crippen LogP contribution in [0.25, 0.3) is 22.6 Å². The van der Waals surface area contributed by atoms with Crippen LogP contribution >= 0.6 is 0 Å². The van der Waals surface area contributed by atoms with Gasteiger partial charge in [0.2, 0.25) is 0 Å². The van der Waals surface area contributed by atoms with E-state index in [1.807, 2.05) is 0 Å². The standard InChI is InChI=1S/C20H14F2N4O2/c1-26-9-10(18(27)16-12(21)5-3-6-13(16)22)8-15(26)20-24-14-7-2-4-11(19(23)28)17(14)25-20/h2-9H,1H3,(H2,23,28)(H,24,25). The quantitative estimate of drug-likeness (QED) is 0.533. The summed E-state index contributed by atoms with van der Waals surface area (Å²) in [7, 11) is 1.67. The highest BCUT2D eigenvalue weighted by atomic mass is 19.1. The molecule has 2 heterocycles. The summed E-state index contributed by atoms with van der Waals surface area (Å²) >= 11 is 0. The van der Waals surface area contributed by atoms with Crippen molar-refractivity contribution < 1.29 is 18.4 Å². The van der Waals surface area contributed by atoms with Gasteiger partial charge in [-0.15, -0.1) is 0 Å². The van der Waals surface area contributed by atoms with Crippen molar-refractivity contribution in [2.75, 3.05) is 0 Å². The first kappa shape index (κ1) is 17.6. The van der Waals surface area contributed by atoms with Crippen molar-refractivity contribution >= 4 is 22.7 Å². The van der Waals surface area contributed by atoms with Crippen molar-refractivity contribution in [1.82, 2.24) is 14.5 Å². The molecule has 6 nitrogen and oxygen atoms in total. The molecule has 0 fully saturated rings. The van der Waals surface area contributed by atoms with Crippen LogP contribution in [0.4, 0.5) is 8.78 Å². The van der Waals surface area contributed by atoms with Crippen molar-refractivity contribution in [3.05, 3.63) is 77.0 Å². The van der Waals surface area contributed by atoms with Gasteiger partial charge in [0.05, 0.1) is 22.3 Å². The molecule has 0 radical (unpaired) electrons. The smallest absolute Gasteiger partial charge is 0.250 e. The molecule has 0 atom stereocenters. The number of aromatic nitrogens is 3. The number of nitrogens with zero attached hydrogens (tertiary/aromatic N) is 2. The maximum Gasteiger partial charge on any atom is 0.250 e. The van der Waals surface area contributed by atoms with Gasteiger partial charge in [-0.05, 0) is 30.3 Å². The molecule has 2 aromatic carbocycles. The van der Waals surface area contributed by atoms with Crippen LogP contribution < -0.4 is 5.73 Å². The number of H-pyrrole nitrogens is 1. The predicted molar refractivity (Wildman–Crippen MR) is 98.8 cm³/mol. The Labute approximate surface area is 157 Å². The van der Waals surface area contributed by atoms with Crippen LogP contribution in [0.1, 0.15) is 26.3 Å². The van der Waals surface area contributed by atoms with Gasteiger partial charge in [-0.25, -0.2) is 13.8 Å². The number of para-hydroxylation sites is 1. The molecular weight excluding hydrogens is 366 g/mol. The molecule has 140 valence electrons. The van der Waals surface area contributed by atoms with E-state index in [1.54, 1.807) is 29.8 Å². The summed E-state index contributed by atoms with van der Waals surface area (Å²) in [6, 6.07) is 9.72. The summed E-state index contributed by atoms with van der Waals surface area (Å²) in [5.74, 6) is -2.84. The fourth-order valence-corrected chi connectivity index (χ4v) is 3.14. The highest BCUT2D eigenvalue weighted by Gasteiger charge is 2.22. The Morgan fingerprint density at radius 1 is 1.11 bits per heavy atom. The average Bonchev–Trinajstić information content (AvgIpc) is 3.24. The molecule has 0 spiro atoms. The number of aryl methyl sites for hydroxylation is 1. The van der Waals surface area contributed by atoms with Gasteiger partial charge < -0.3 is 15.3 Å². The number of carbonyl (C=O) groups is 2. The third-order valence-corrected chi connectivity index (χ3v) is 4.48. The van der Waals surface area contributed by atoms with Gasteiger partial charge in [-0.2, -0.15) is 0 Å². The first-order valence-corrected chi connectivity index (χ1v) is 8.31. The molecule has 0 aliphatic carbocycles. The van der Waals surface area contributed by atoms with E-state index in [4.69, 9.17) is 5.73 Å². The maximum atomic E-state index is 13.9. The lowest BCUT2D eigenvalue weighted by Gasteiger charge is -2.01. The van der Waals surface area contributed by atoms with Crippen molar-refractivity contribution in [3.8, 4) is 11.5 Å². The molecule has 0 unspecified atom stereocenters. The predicted octanol–water partition coefficient (Wildman–Crippen LogP) is 3.18. The number of hydrogen-bond acceptors (Lipinski definition) is 3. The van der Waals surface area contributed by atoms with Gasteiger partial charge in [0, 0.05) is 18.8 Å². The van der Waals surface area contributed by atoms with Gasteiger partial charge >= 0.3 is 0 Å². The van der Waals surface area contributed by atoms with Gasteiger partial charge in [0.15, 0.2) is 11.6 Å². The number of benzene rings is 2. The summed E-state index contributed by atoms with van der Waals surface area (Å²) in [5, 5.41) is 0. The number of nitrogens with one attached hydrogen (secondary N) is 1. The SMILES string of the molecule is Cn1cc(C(=O)c2c(F)cccc2F)cc1-c1nc2c(C(N)=O)cccc2[nH]1. The Balaban J connectivity index is 1.81. The lowest BCUT2D eigenvalue weighted by Crippen LogP contribution is -2.11. The molecule has 3 N–H and O–H groups in total. The minimum absolute atomic E-state index is 0.108. The number of nitrogens with two attached hydrogens (primary N) is 1. The number of aromatic amines is 1. The van der Waals surface area contributed by atoms with E-state index in [9.17, 15) is 18.4 Å². The Hall–Kier alpha value is -3.81. The topological polar surface area (TPSA) is 93.8 Å². The number of carbonyl (C=O) groups excluding carboxylic acids is 2. The van der Waals surface area contributed by atoms with E-state index in [0.29, 0.717) is 22.6 Å². The van der Waals surface area contributed by atoms with E-state index in [-0.39, 0.29) is 11.1 Å². The van der Waals surface area contributed by atoms with E-state index < -0.39 is 28.9 Å². The summed E-state index contributed by atoms with van der Waals surface area (Å²) < 4.78 is 29.5. The molecule has 28 heavy (non-hydrogen) atoms. The van der Waals surface area contributed by atoms with Crippen LogP contribution in [-0.2, 0) is 7.05 Å². The Morgan fingerprint density at radius 2 is 1.79 bits per heavy atom. The second-order valence-electron chi connectivity index (χ2n) is 6.30. The Kier molecular flexibility index (Phi) is 4.03. The number of ketones is 1. The van der Waals surface area contributed by atoms with Crippen molar-refractivity contribution in [2.24, 2.45) is 12.8 Å². The number of halogens is 2. The van der Waals surface area contributed by atoms with E-state index in [2.05, 4.69) is 9.97 Å². The van der Waals surface area contributed by atoms with E-state index >= 15 is 0 Å². The summed E-state index contributed by atoms with van der Waals surface area (Å²) in [5.41, 5.74) is 6.65. The van der Waals surface area contributed by atoms with Crippen LogP contribution in [0.2, 0.25) is 0 Å². The summed E-state index contributed by atoms with van der Waals surface area (Å²) in [4.78, 5) is 31.7. The molecular formula is C20H14F2N4O2. The molecule has 0 saturated heterocycles. The average molecular weight is 380 g/mol. The van der Waals surface area contributed by atoms with Crippen LogP contribution in [-0.4, -0.2) is 26.2 Å². The molecule has 0 aliphatic rings. The third-order valence-electron chi connectivity index (χ3n) is 4.48. The summed E-state index contributed by atoms with van der Waals surface area (Å²) in [6.45, 7) is 0. The first-order chi connectivity index (χ1) is 13.4. The third kappa shape index (κ3) is 2.75. The first-order valence-electron chi connectivity index (χ1n) is 8.31. The highest BCUT2D eigenvalue weighted by molar-refractivity contribution is 6.10. The molecule has 2 aromatic heterocycles. The van der Waals surface area contributed by atoms with Crippen LogP contribution in [0.3, 0.4) is 0 Å². The highest BCUT2D eigenvalue weighted by Crippen LogP contribution is 2.26. The number of imidazole rings is 1. The zero-order valence-electron chi connectivity index (χ0n) is 14.7. The van der Waals surface area contributed by atoms with Gasteiger partial charge in [0.1, 0.15) is 17.2 Å². The number of fused-ring (bicyclic) bond motifs is 1. The molecule has 0 bridgehead atoms. The molecule has 4 rings (SSSR count). The number of rotatable bonds is 4. The largest absolute Gasteiger partial charge is 0.366 e. The minimum atomic E-state index is -0.926. The molecule has 0 saturated carbocycles.